The number of aromatic nitrogens is 1. The molecule has 30 heavy (non-hydrogen) atoms. The molecule has 3 aromatic rings. The Balaban J connectivity index is 1.15. The van der Waals surface area contributed by atoms with E-state index < -0.39 is 0 Å². The van der Waals surface area contributed by atoms with Gasteiger partial charge < -0.3 is 4.90 Å². The van der Waals surface area contributed by atoms with Gasteiger partial charge in [-0.2, -0.15) is 0 Å². The third-order valence-corrected chi connectivity index (χ3v) is 8.34. The third-order valence-electron chi connectivity index (χ3n) is 6.32. The zero-order valence-electron chi connectivity index (χ0n) is 17.4. The highest BCUT2D eigenvalue weighted by Gasteiger charge is 2.31. The van der Waals surface area contributed by atoms with E-state index in [1.165, 1.54) is 20.1 Å². The molecular weight excluding hydrogens is 412 g/mol. The average Bonchev–Trinajstić information content (AvgIpc) is 3.40. The van der Waals surface area contributed by atoms with Crippen LogP contribution in [-0.4, -0.2) is 64.9 Å². The quantitative estimate of drug-likeness (QED) is 0.601. The molecular formula is C23H28N4OS2. The lowest BCUT2D eigenvalue weighted by Crippen LogP contribution is -2.51. The van der Waals surface area contributed by atoms with E-state index in [-0.39, 0.29) is 6.04 Å². The number of thiazole rings is 1. The van der Waals surface area contributed by atoms with Crippen molar-refractivity contribution in [2.75, 3.05) is 39.3 Å². The minimum Gasteiger partial charge on any atom is -0.334 e. The molecule has 158 valence electrons. The number of benzene rings is 1. The fraction of sp³-hybridized carbons (Fsp3) is 0.478. The van der Waals surface area contributed by atoms with E-state index in [0.29, 0.717) is 12.5 Å². The molecule has 0 spiro atoms. The molecule has 1 aromatic carbocycles. The van der Waals surface area contributed by atoms with Crippen molar-refractivity contribution >= 4 is 38.8 Å². The molecule has 2 aliphatic heterocycles. The van der Waals surface area contributed by atoms with Crippen molar-refractivity contribution in [3.8, 4) is 0 Å². The summed E-state index contributed by atoms with van der Waals surface area (Å²) >= 11 is 3.63. The van der Waals surface area contributed by atoms with Gasteiger partial charge in [-0.05, 0) is 42.0 Å². The van der Waals surface area contributed by atoms with Crippen LogP contribution in [0.4, 0.5) is 0 Å². The van der Waals surface area contributed by atoms with Crippen LogP contribution in [0, 0.1) is 0 Å². The minimum absolute atomic E-state index is 0.257. The van der Waals surface area contributed by atoms with Crippen molar-refractivity contribution < 1.29 is 4.79 Å². The second kappa shape index (κ2) is 8.75. The van der Waals surface area contributed by atoms with E-state index in [9.17, 15) is 4.79 Å². The Morgan fingerprint density at radius 3 is 2.70 bits per heavy atom. The Kier molecular flexibility index (Phi) is 5.87. The molecule has 0 bridgehead atoms. The van der Waals surface area contributed by atoms with Crippen LogP contribution in [0.1, 0.15) is 34.8 Å². The highest BCUT2D eigenvalue weighted by molar-refractivity contribution is 7.18. The largest absolute Gasteiger partial charge is 0.334 e. The number of para-hydroxylation sites is 1. The molecule has 5 nitrogen and oxygen atoms in total. The average molecular weight is 441 g/mol. The second-order valence-corrected chi connectivity index (χ2v) is 10.3. The molecule has 7 heteroatoms. The second-order valence-electron chi connectivity index (χ2n) is 8.19. The molecule has 1 saturated heterocycles. The summed E-state index contributed by atoms with van der Waals surface area (Å²) < 4.78 is 1.26. The standard InChI is InChI=1S/C23H28N4OS2/c1-2-19-17-8-14-29-20(17)7-9-27(19)23(28)16-26-12-10-25(11-13-26)15-22-24-18-5-3-4-6-21(18)30-22/h3-6,8,14,19H,2,7,9-13,15-16H2,1H3. The number of hydrogen-bond acceptors (Lipinski definition) is 6. The summed E-state index contributed by atoms with van der Waals surface area (Å²) in [7, 11) is 0. The van der Waals surface area contributed by atoms with E-state index in [1.807, 2.05) is 17.4 Å². The van der Waals surface area contributed by atoms with Crippen LogP contribution < -0.4 is 0 Å². The molecule has 2 aliphatic rings. The first-order valence-electron chi connectivity index (χ1n) is 10.9. The Bertz CT molecular complexity index is 988. The summed E-state index contributed by atoms with van der Waals surface area (Å²) in [5.41, 5.74) is 2.48. The van der Waals surface area contributed by atoms with Crippen molar-refractivity contribution in [1.82, 2.24) is 19.7 Å². The van der Waals surface area contributed by atoms with Gasteiger partial charge >= 0.3 is 0 Å². The molecule has 1 amide bonds. The number of carbonyl (C=O) groups excluding carboxylic acids is 1. The number of carbonyl (C=O) groups is 1. The summed E-state index contributed by atoms with van der Waals surface area (Å²) in [6.45, 7) is 8.40. The summed E-state index contributed by atoms with van der Waals surface area (Å²) in [4.78, 5) is 26.3. The highest BCUT2D eigenvalue weighted by atomic mass is 32.1. The van der Waals surface area contributed by atoms with Crippen LogP contribution in [-0.2, 0) is 17.8 Å². The van der Waals surface area contributed by atoms with Crippen molar-refractivity contribution in [2.24, 2.45) is 0 Å². The van der Waals surface area contributed by atoms with Gasteiger partial charge in [0.2, 0.25) is 5.91 Å². The predicted octanol–water partition coefficient (Wildman–Crippen LogP) is 4.01. The SMILES string of the molecule is CCC1c2ccsc2CCN1C(=O)CN1CCN(Cc2nc3ccccc3s2)CC1. The number of fused-ring (bicyclic) bond motifs is 2. The van der Waals surface area contributed by atoms with Crippen molar-refractivity contribution in [3.05, 3.63) is 51.2 Å². The Morgan fingerprint density at radius 1 is 1.10 bits per heavy atom. The number of amides is 1. The van der Waals surface area contributed by atoms with E-state index in [0.717, 1.165) is 57.6 Å². The lowest BCUT2D eigenvalue weighted by atomic mass is 9.97. The van der Waals surface area contributed by atoms with Gasteiger partial charge in [0.05, 0.1) is 29.3 Å². The Labute approximate surface area is 185 Å². The molecule has 0 aliphatic carbocycles. The number of piperazine rings is 1. The molecule has 1 fully saturated rings. The lowest BCUT2D eigenvalue weighted by molar-refractivity contribution is -0.135. The summed E-state index contributed by atoms with van der Waals surface area (Å²) in [5, 5.41) is 3.36. The van der Waals surface area contributed by atoms with Gasteiger partial charge in [0, 0.05) is 37.6 Å². The number of hydrogen-bond donors (Lipinski definition) is 0. The Morgan fingerprint density at radius 2 is 1.90 bits per heavy atom. The van der Waals surface area contributed by atoms with Crippen molar-refractivity contribution in [2.45, 2.75) is 32.4 Å². The fourth-order valence-corrected chi connectivity index (χ4v) is 6.64. The van der Waals surface area contributed by atoms with Crippen LogP contribution >= 0.6 is 22.7 Å². The lowest BCUT2D eigenvalue weighted by Gasteiger charge is -2.38. The van der Waals surface area contributed by atoms with Gasteiger partial charge in [-0.3, -0.25) is 14.6 Å². The highest BCUT2D eigenvalue weighted by Crippen LogP contribution is 2.35. The van der Waals surface area contributed by atoms with E-state index >= 15 is 0 Å². The monoisotopic (exact) mass is 440 g/mol. The van der Waals surface area contributed by atoms with Crippen LogP contribution in [0.15, 0.2) is 35.7 Å². The first kappa shape index (κ1) is 20.1. The smallest absolute Gasteiger partial charge is 0.237 e. The van der Waals surface area contributed by atoms with E-state index in [1.54, 1.807) is 11.3 Å². The Hall–Kier alpha value is -1.80. The normalized spacial score (nSPS) is 20.6. The third kappa shape index (κ3) is 4.04. The first-order valence-corrected chi connectivity index (χ1v) is 12.6. The fourth-order valence-electron chi connectivity index (χ4n) is 4.70. The maximum atomic E-state index is 13.1. The van der Waals surface area contributed by atoms with Crippen LogP contribution in [0.2, 0.25) is 0 Å². The molecule has 2 aromatic heterocycles. The van der Waals surface area contributed by atoms with Crippen LogP contribution in [0.5, 0.6) is 0 Å². The zero-order valence-corrected chi connectivity index (χ0v) is 19.1. The van der Waals surface area contributed by atoms with E-state index in [2.05, 4.69) is 51.3 Å². The molecule has 0 radical (unpaired) electrons. The summed E-state index contributed by atoms with van der Waals surface area (Å²) in [6, 6.07) is 10.8. The van der Waals surface area contributed by atoms with E-state index in [4.69, 9.17) is 4.98 Å². The van der Waals surface area contributed by atoms with Crippen molar-refractivity contribution in [1.29, 1.82) is 0 Å². The number of nitrogens with zero attached hydrogens (tertiary/aromatic N) is 4. The number of thiophene rings is 1. The van der Waals surface area contributed by atoms with Crippen LogP contribution in [0.3, 0.4) is 0 Å². The summed E-state index contributed by atoms with van der Waals surface area (Å²) in [6.07, 6.45) is 2.00. The van der Waals surface area contributed by atoms with Gasteiger partial charge in [0.1, 0.15) is 5.01 Å². The molecule has 1 atom stereocenters. The maximum absolute atomic E-state index is 13.1. The van der Waals surface area contributed by atoms with Gasteiger partial charge in [-0.1, -0.05) is 19.1 Å². The van der Waals surface area contributed by atoms with Gasteiger partial charge in [-0.15, -0.1) is 22.7 Å². The van der Waals surface area contributed by atoms with Gasteiger partial charge in [0.25, 0.3) is 0 Å². The molecule has 4 heterocycles. The molecule has 1 unspecified atom stereocenters. The van der Waals surface area contributed by atoms with Gasteiger partial charge in [-0.25, -0.2) is 4.98 Å². The zero-order chi connectivity index (χ0) is 20.5. The topological polar surface area (TPSA) is 39.7 Å². The van der Waals surface area contributed by atoms with Crippen LogP contribution in [0.25, 0.3) is 10.2 Å². The molecule has 0 N–H and O–H groups in total. The number of rotatable bonds is 5. The predicted molar refractivity (Wildman–Crippen MR) is 124 cm³/mol. The molecule has 5 rings (SSSR count). The first-order chi connectivity index (χ1) is 14.7. The van der Waals surface area contributed by atoms with Gasteiger partial charge in [0.15, 0.2) is 0 Å². The van der Waals surface area contributed by atoms with Crippen molar-refractivity contribution in [3.63, 3.8) is 0 Å². The molecule has 0 saturated carbocycles. The minimum atomic E-state index is 0.257. The summed E-state index contributed by atoms with van der Waals surface area (Å²) in [5.74, 6) is 0.290. The maximum Gasteiger partial charge on any atom is 0.237 e.